The maximum absolute atomic E-state index is 12.8. The molecule has 2 rings (SSSR count). The van der Waals surface area contributed by atoms with Gasteiger partial charge in [-0.25, -0.2) is 13.1 Å². The maximum atomic E-state index is 12.8. The summed E-state index contributed by atoms with van der Waals surface area (Å²) in [5, 5.41) is 5.54. The number of carbonyl (C=O) groups is 2. The van der Waals surface area contributed by atoms with E-state index in [0.29, 0.717) is 0 Å². The molecule has 0 saturated carbocycles. The van der Waals surface area contributed by atoms with Crippen LogP contribution in [0.4, 0.5) is 0 Å². The first-order chi connectivity index (χ1) is 13.7. The molecule has 0 aliphatic heterocycles. The van der Waals surface area contributed by atoms with Gasteiger partial charge in [-0.2, -0.15) is 0 Å². The first-order valence-corrected chi connectivity index (χ1v) is 11.5. The smallest absolute Gasteiger partial charge is 0.242 e. The Kier molecular flexibility index (Phi) is 8.06. The van der Waals surface area contributed by atoms with Gasteiger partial charge in [-0.15, -0.1) is 11.6 Å². The Hall–Kier alpha value is -2.10. The van der Waals surface area contributed by atoms with Crippen molar-refractivity contribution in [2.24, 2.45) is 5.92 Å². The van der Waals surface area contributed by atoms with E-state index in [1.807, 2.05) is 38.1 Å². The molecule has 0 spiro atoms. The summed E-state index contributed by atoms with van der Waals surface area (Å²) < 4.78 is 26.1. The molecule has 160 valence electrons. The van der Waals surface area contributed by atoms with Gasteiger partial charge in [-0.3, -0.25) is 9.59 Å². The molecule has 1 aromatic heterocycles. The van der Waals surface area contributed by atoms with E-state index >= 15 is 0 Å². The van der Waals surface area contributed by atoms with Crippen LogP contribution in [0, 0.1) is 5.92 Å². The molecule has 1 aromatic carbocycles. The number of likely N-dealkylation sites (N-methyl/N-ethyl adjacent to an activating group) is 1. The highest BCUT2D eigenvalue weighted by Crippen LogP contribution is 2.19. The molecule has 0 fully saturated rings. The van der Waals surface area contributed by atoms with E-state index in [4.69, 9.17) is 11.6 Å². The predicted octanol–water partition coefficient (Wildman–Crippen LogP) is 1.47. The van der Waals surface area contributed by atoms with E-state index in [-0.39, 0.29) is 24.7 Å². The van der Waals surface area contributed by atoms with Crippen molar-refractivity contribution in [3.63, 3.8) is 0 Å². The van der Waals surface area contributed by atoms with Gasteiger partial charge < -0.3 is 15.6 Å². The summed E-state index contributed by atoms with van der Waals surface area (Å²) in [5.74, 6) is -0.885. The normalized spacial score (nSPS) is 14.0. The lowest BCUT2D eigenvalue weighted by Crippen LogP contribution is -2.54. The van der Waals surface area contributed by atoms with Gasteiger partial charge in [0.1, 0.15) is 17.3 Å². The van der Waals surface area contributed by atoms with E-state index in [2.05, 4.69) is 20.3 Å². The van der Waals surface area contributed by atoms with Gasteiger partial charge in [0, 0.05) is 30.6 Å². The number of hydrogen-bond donors (Lipinski definition) is 4. The molecule has 0 aliphatic carbocycles. The van der Waals surface area contributed by atoms with Crippen molar-refractivity contribution in [1.82, 2.24) is 20.3 Å². The Morgan fingerprint density at radius 1 is 1.14 bits per heavy atom. The highest BCUT2D eigenvalue weighted by atomic mass is 35.5. The minimum absolute atomic E-state index is 0.0517. The van der Waals surface area contributed by atoms with Crippen LogP contribution in [0.1, 0.15) is 25.8 Å². The molecule has 2 unspecified atom stereocenters. The van der Waals surface area contributed by atoms with Gasteiger partial charge in [0.25, 0.3) is 0 Å². The number of aromatic amines is 1. The van der Waals surface area contributed by atoms with E-state index in [0.717, 1.165) is 16.5 Å². The number of nitrogens with one attached hydrogen (secondary N) is 4. The highest BCUT2D eigenvalue weighted by molar-refractivity contribution is 7.90. The molecule has 4 N–H and O–H groups in total. The average molecular weight is 443 g/mol. The van der Waals surface area contributed by atoms with E-state index < -0.39 is 33.2 Å². The van der Waals surface area contributed by atoms with Gasteiger partial charge >= 0.3 is 0 Å². The summed E-state index contributed by atoms with van der Waals surface area (Å²) in [5.41, 5.74) is 1.80. The van der Waals surface area contributed by atoms with Crippen LogP contribution in [-0.2, 0) is 26.0 Å². The van der Waals surface area contributed by atoms with Crippen LogP contribution < -0.4 is 15.4 Å². The largest absolute Gasteiger partial charge is 0.361 e. The topological polar surface area (TPSA) is 120 Å². The number of alkyl halides is 1. The lowest BCUT2D eigenvalue weighted by Gasteiger charge is -2.23. The van der Waals surface area contributed by atoms with Crippen molar-refractivity contribution < 1.29 is 18.0 Å². The maximum Gasteiger partial charge on any atom is 0.242 e. The van der Waals surface area contributed by atoms with Gasteiger partial charge in [0.2, 0.25) is 21.8 Å². The highest BCUT2D eigenvalue weighted by Gasteiger charge is 2.29. The van der Waals surface area contributed by atoms with Crippen molar-refractivity contribution in [3.8, 4) is 0 Å². The number of H-pyrrole nitrogens is 1. The number of sulfonamides is 1. The fourth-order valence-electron chi connectivity index (χ4n) is 3.10. The number of fused-ring (bicyclic) bond motifs is 1. The monoisotopic (exact) mass is 442 g/mol. The minimum Gasteiger partial charge on any atom is -0.361 e. The third-order valence-corrected chi connectivity index (χ3v) is 6.26. The molecule has 0 saturated heterocycles. The SMILES string of the molecule is CNC(=O)C(Cc1c[nH]c2ccccc12)NC(=O)C(CC(C)C)NS(=O)(=O)CCl. The number of carbonyl (C=O) groups excluding carboxylic acids is 2. The summed E-state index contributed by atoms with van der Waals surface area (Å²) >= 11 is 5.46. The molecular weight excluding hydrogens is 416 g/mol. The fraction of sp³-hybridized carbons (Fsp3) is 0.474. The van der Waals surface area contributed by atoms with Gasteiger partial charge in [0.15, 0.2) is 0 Å². The molecule has 29 heavy (non-hydrogen) atoms. The van der Waals surface area contributed by atoms with Crippen LogP contribution in [0.25, 0.3) is 10.9 Å². The standard InChI is InChI=1S/C19H27ClN4O4S/c1-12(2)8-17(24-29(27,28)11-20)19(26)23-16(18(25)21-3)9-13-10-22-15-7-5-4-6-14(13)15/h4-7,10,12,16-17,22,24H,8-9,11H2,1-3H3,(H,21,25)(H,23,26). The third kappa shape index (κ3) is 6.45. The van der Waals surface area contributed by atoms with Gasteiger partial charge in [-0.1, -0.05) is 32.0 Å². The van der Waals surface area contributed by atoms with Crippen molar-refractivity contribution >= 4 is 44.3 Å². The third-order valence-electron chi connectivity index (χ3n) is 4.47. The average Bonchev–Trinajstić information content (AvgIpc) is 3.08. The molecule has 0 radical (unpaired) electrons. The van der Waals surface area contributed by atoms with E-state index in [1.165, 1.54) is 7.05 Å². The minimum atomic E-state index is -3.80. The van der Waals surface area contributed by atoms with Crippen LogP contribution in [0.15, 0.2) is 30.5 Å². The second-order valence-electron chi connectivity index (χ2n) is 7.26. The van der Waals surface area contributed by atoms with E-state index in [1.54, 1.807) is 6.20 Å². The van der Waals surface area contributed by atoms with Gasteiger partial charge in [-0.05, 0) is 24.0 Å². The van der Waals surface area contributed by atoms with Crippen LogP contribution >= 0.6 is 11.6 Å². The first kappa shape index (κ1) is 23.2. The number of aromatic nitrogens is 1. The summed E-state index contributed by atoms with van der Waals surface area (Å²) in [6.07, 6.45) is 2.33. The second kappa shape index (κ2) is 10.1. The van der Waals surface area contributed by atoms with Crippen molar-refractivity contribution in [2.75, 3.05) is 12.3 Å². The lowest BCUT2D eigenvalue weighted by molar-refractivity contribution is -0.129. The Balaban J connectivity index is 2.22. The van der Waals surface area contributed by atoms with Gasteiger partial charge in [0.05, 0.1) is 0 Å². The second-order valence-corrected chi connectivity index (χ2v) is 9.60. The molecule has 10 heteroatoms. The van der Waals surface area contributed by atoms with Crippen LogP contribution in [0.5, 0.6) is 0 Å². The number of halogens is 1. The number of rotatable bonds is 10. The number of amides is 2. The molecule has 0 aliphatic rings. The Bertz CT molecular complexity index is 958. The summed E-state index contributed by atoms with van der Waals surface area (Å²) in [4.78, 5) is 28.4. The summed E-state index contributed by atoms with van der Waals surface area (Å²) in [7, 11) is -2.32. The molecule has 2 aromatic rings. The van der Waals surface area contributed by atoms with Crippen LogP contribution in [0.3, 0.4) is 0 Å². The van der Waals surface area contributed by atoms with Crippen LogP contribution in [0.2, 0.25) is 0 Å². The van der Waals surface area contributed by atoms with Crippen molar-refractivity contribution in [2.45, 2.75) is 38.8 Å². The number of hydrogen-bond acceptors (Lipinski definition) is 4. The van der Waals surface area contributed by atoms with Crippen LogP contribution in [-0.4, -0.2) is 49.6 Å². The number of para-hydroxylation sites is 1. The van der Waals surface area contributed by atoms with Crippen molar-refractivity contribution in [1.29, 1.82) is 0 Å². The van der Waals surface area contributed by atoms with Crippen molar-refractivity contribution in [3.05, 3.63) is 36.0 Å². The molecule has 2 amide bonds. The Labute approximate surface area is 175 Å². The molecule has 8 nitrogen and oxygen atoms in total. The molecule has 2 atom stereocenters. The zero-order valence-corrected chi connectivity index (χ0v) is 18.2. The van der Waals surface area contributed by atoms with E-state index in [9.17, 15) is 18.0 Å². The number of benzene rings is 1. The summed E-state index contributed by atoms with van der Waals surface area (Å²) in [6.45, 7) is 3.74. The quantitative estimate of drug-likeness (QED) is 0.416. The molecular formula is C19H27ClN4O4S. The molecule has 1 heterocycles. The molecule has 0 bridgehead atoms. The lowest BCUT2D eigenvalue weighted by atomic mass is 10.0. The predicted molar refractivity (Wildman–Crippen MR) is 114 cm³/mol. The first-order valence-electron chi connectivity index (χ1n) is 9.29. The summed E-state index contributed by atoms with van der Waals surface area (Å²) in [6, 6.07) is 5.77. The zero-order chi connectivity index (χ0) is 21.6. The zero-order valence-electron chi connectivity index (χ0n) is 16.7. The Morgan fingerprint density at radius 2 is 1.83 bits per heavy atom. The fourth-order valence-corrected chi connectivity index (χ4v) is 3.99. The Morgan fingerprint density at radius 3 is 2.45 bits per heavy atom.